The number of guanidine groups is 1. The third-order valence-corrected chi connectivity index (χ3v) is 6.17. The van der Waals surface area contributed by atoms with E-state index in [2.05, 4.69) is 15.6 Å². The Bertz CT molecular complexity index is 998. The molecule has 11 nitrogen and oxygen atoms in total. The Hall–Kier alpha value is -3.70. The number of carbonyl (C=O) groups excluding carboxylic acids is 4. The quantitative estimate of drug-likeness (QED) is 0.167. The third kappa shape index (κ3) is 8.43. The van der Waals surface area contributed by atoms with E-state index in [0.29, 0.717) is 37.1 Å². The predicted octanol–water partition coefficient (Wildman–Crippen LogP) is 0.518. The van der Waals surface area contributed by atoms with Crippen molar-refractivity contribution in [3.8, 4) is 5.75 Å². The number of hydrogen-bond donors (Lipinski definition) is 4. The van der Waals surface area contributed by atoms with Gasteiger partial charge in [-0.25, -0.2) is 4.39 Å². The molecule has 12 heteroatoms. The second-order valence-electron chi connectivity index (χ2n) is 9.23. The summed E-state index contributed by atoms with van der Waals surface area (Å²) < 4.78 is 18.3. The molecule has 6 N–H and O–H groups in total. The molecule has 37 heavy (non-hydrogen) atoms. The zero-order chi connectivity index (χ0) is 27.5. The van der Waals surface area contributed by atoms with Gasteiger partial charge < -0.3 is 31.7 Å². The van der Waals surface area contributed by atoms with E-state index in [1.807, 2.05) is 0 Å². The average molecular weight is 521 g/mol. The van der Waals surface area contributed by atoms with E-state index in [0.717, 1.165) is 0 Å². The lowest BCUT2D eigenvalue weighted by Gasteiger charge is -2.31. The number of carbonyl (C=O) groups is 4. The largest absolute Gasteiger partial charge is 0.497 e. The minimum atomic E-state index is -1.23. The molecule has 2 rings (SSSR count). The normalized spacial score (nSPS) is 16.6. The lowest BCUT2D eigenvalue weighted by Crippen LogP contribution is -2.56. The number of amides is 3. The molecule has 204 valence electrons. The van der Waals surface area contributed by atoms with E-state index in [1.54, 1.807) is 38.1 Å². The van der Waals surface area contributed by atoms with Gasteiger partial charge in [-0.1, -0.05) is 19.9 Å². The highest BCUT2D eigenvalue weighted by Gasteiger charge is 2.39. The number of methoxy groups -OCH3 is 1. The zero-order valence-corrected chi connectivity index (χ0v) is 21.5. The van der Waals surface area contributed by atoms with Gasteiger partial charge in [-0.05, 0) is 49.8 Å². The predicted molar refractivity (Wildman–Crippen MR) is 137 cm³/mol. The van der Waals surface area contributed by atoms with Gasteiger partial charge in [0.15, 0.2) is 11.7 Å². The molecule has 1 aromatic rings. The molecule has 1 aliphatic heterocycles. The number of benzene rings is 1. The summed E-state index contributed by atoms with van der Waals surface area (Å²) in [6.45, 7) is 2.91. The number of halogens is 1. The van der Waals surface area contributed by atoms with Gasteiger partial charge in [-0.2, -0.15) is 0 Å². The molecule has 1 saturated heterocycles. The summed E-state index contributed by atoms with van der Waals surface area (Å²) >= 11 is 0. The van der Waals surface area contributed by atoms with Gasteiger partial charge in [0.05, 0.1) is 13.2 Å². The van der Waals surface area contributed by atoms with E-state index < -0.39 is 48.3 Å². The summed E-state index contributed by atoms with van der Waals surface area (Å²) in [6, 6.07) is 3.78. The standard InChI is InChI=1S/C25H37FN6O5/c1-15(2)21(31-22(34)16-7-4-8-17(13-16)37-3)24(36)32-12-6-10-19(32)23(35)30-18(20(33)14-26)9-5-11-29-25(27)28/h4,7-8,13,15,18-19,21H,5-6,9-12,14H2,1-3H3,(H,30,35)(H,31,34)(H4,27,28,29)/t18-,19-,21-/m0/s1. The summed E-state index contributed by atoms with van der Waals surface area (Å²) in [6.07, 6.45) is 1.46. The molecule has 1 heterocycles. The maximum Gasteiger partial charge on any atom is 0.252 e. The van der Waals surface area contributed by atoms with Crippen molar-refractivity contribution in [1.29, 1.82) is 0 Å². The summed E-state index contributed by atoms with van der Waals surface area (Å²) in [4.78, 5) is 56.8. The maximum absolute atomic E-state index is 13.5. The number of aliphatic imine (C=N–C) groups is 1. The molecule has 3 amide bonds. The first-order valence-corrected chi connectivity index (χ1v) is 12.3. The van der Waals surface area contributed by atoms with E-state index in [4.69, 9.17) is 16.2 Å². The van der Waals surface area contributed by atoms with Gasteiger partial charge in [-0.15, -0.1) is 0 Å². The highest BCUT2D eigenvalue weighted by Crippen LogP contribution is 2.21. The number of ether oxygens (including phenoxy) is 1. The van der Waals surface area contributed by atoms with Crippen molar-refractivity contribution in [3.63, 3.8) is 0 Å². The lowest BCUT2D eigenvalue weighted by molar-refractivity contribution is -0.141. The Morgan fingerprint density at radius 3 is 2.57 bits per heavy atom. The molecule has 0 aliphatic carbocycles. The number of alkyl halides is 1. The van der Waals surface area contributed by atoms with Crippen LogP contribution in [0.2, 0.25) is 0 Å². The summed E-state index contributed by atoms with van der Waals surface area (Å²) in [5.74, 6) is -2.00. The molecule has 0 radical (unpaired) electrons. The van der Waals surface area contributed by atoms with Gasteiger partial charge in [0.25, 0.3) is 5.91 Å². The fourth-order valence-corrected chi connectivity index (χ4v) is 4.16. The first-order chi connectivity index (χ1) is 17.6. The van der Waals surface area contributed by atoms with Crippen LogP contribution >= 0.6 is 0 Å². The maximum atomic E-state index is 13.5. The van der Waals surface area contributed by atoms with Crippen LogP contribution in [-0.2, 0) is 14.4 Å². The molecule has 0 aromatic heterocycles. The Morgan fingerprint density at radius 1 is 1.22 bits per heavy atom. The minimum absolute atomic E-state index is 0.101. The van der Waals surface area contributed by atoms with Crippen molar-refractivity contribution in [3.05, 3.63) is 29.8 Å². The lowest BCUT2D eigenvalue weighted by atomic mass is 10.0. The molecule has 3 atom stereocenters. The van der Waals surface area contributed by atoms with Gasteiger partial charge in [0.2, 0.25) is 11.8 Å². The highest BCUT2D eigenvalue weighted by atomic mass is 19.1. The van der Waals surface area contributed by atoms with Crippen molar-refractivity contribution in [2.24, 2.45) is 22.4 Å². The fourth-order valence-electron chi connectivity index (χ4n) is 4.16. The second kappa shape index (κ2) is 14.1. The summed E-state index contributed by atoms with van der Waals surface area (Å²) in [5.41, 5.74) is 10.9. The van der Waals surface area contributed by atoms with Crippen LogP contribution in [0.25, 0.3) is 0 Å². The van der Waals surface area contributed by atoms with E-state index in [1.165, 1.54) is 12.0 Å². The first-order valence-electron chi connectivity index (χ1n) is 12.3. The van der Waals surface area contributed by atoms with Crippen LogP contribution in [0.15, 0.2) is 29.3 Å². The number of nitrogens with two attached hydrogens (primary N) is 2. The second-order valence-corrected chi connectivity index (χ2v) is 9.23. The number of likely N-dealkylation sites (tertiary alicyclic amines) is 1. The number of nitrogens with zero attached hydrogens (tertiary/aromatic N) is 2. The van der Waals surface area contributed by atoms with Crippen LogP contribution in [0, 0.1) is 5.92 Å². The molecule has 1 aliphatic rings. The van der Waals surface area contributed by atoms with E-state index >= 15 is 0 Å². The number of ketones is 1. The van der Waals surface area contributed by atoms with Crippen molar-refractivity contribution >= 4 is 29.5 Å². The van der Waals surface area contributed by atoms with Gasteiger partial charge >= 0.3 is 0 Å². The van der Waals surface area contributed by atoms with E-state index in [-0.39, 0.29) is 24.8 Å². The van der Waals surface area contributed by atoms with Crippen molar-refractivity contribution in [2.45, 2.75) is 57.7 Å². The zero-order valence-electron chi connectivity index (χ0n) is 21.5. The van der Waals surface area contributed by atoms with Crippen LogP contribution < -0.4 is 26.8 Å². The summed E-state index contributed by atoms with van der Waals surface area (Å²) in [7, 11) is 1.49. The molecule has 0 unspecified atom stereocenters. The number of rotatable bonds is 13. The van der Waals surface area contributed by atoms with Crippen molar-refractivity contribution in [2.75, 3.05) is 26.9 Å². The smallest absolute Gasteiger partial charge is 0.252 e. The van der Waals surface area contributed by atoms with Gasteiger partial charge in [0, 0.05) is 18.7 Å². The minimum Gasteiger partial charge on any atom is -0.497 e. The SMILES string of the molecule is COc1cccc(C(=O)N[C@H](C(=O)N2CCC[C@H]2C(=O)N[C@@H](CCCN=C(N)N)C(=O)CF)C(C)C)c1. The Kier molecular flexibility index (Phi) is 11.3. The molecule has 0 spiro atoms. The highest BCUT2D eigenvalue weighted by molar-refractivity contribution is 5.99. The third-order valence-electron chi connectivity index (χ3n) is 6.17. The number of Topliss-reactive ketones (excluding diaryl/α,β-unsaturated/α-hetero) is 1. The van der Waals surface area contributed by atoms with Crippen LogP contribution in [0.5, 0.6) is 5.75 Å². The number of hydrogen-bond acceptors (Lipinski definition) is 6. The molecular formula is C25H37FN6O5. The van der Waals surface area contributed by atoms with Crippen molar-refractivity contribution in [1.82, 2.24) is 15.5 Å². The fraction of sp³-hybridized carbons (Fsp3) is 0.560. The molecule has 1 aromatic carbocycles. The topological polar surface area (TPSA) is 169 Å². The van der Waals surface area contributed by atoms with Gasteiger partial charge in [0.1, 0.15) is 24.5 Å². The first kappa shape index (κ1) is 29.5. The molecule has 1 fully saturated rings. The van der Waals surface area contributed by atoms with Crippen LogP contribution in [0.4, 0.5) is 4.39 Å². The van der Waals surface area contributed by atoms with E-state index in [9.17, 15) is 23.6 Å². The van der Waals surface area contributed by atoms with Crippen LogP contribution in [0.3, 0.4) is 0 Å². The van der Waals surface area contributed by atoms with Crippen LogP contribution in [-0.4, -0.2) is 79.4 Å². The Labute approximate surface area is 216 Å². The molecular weight excluding hydrogens is 483 g/mol. The van der Waals surface area contributed by atoms with Crippen LogP contribution in [0.1, 0.15) is 49.9 Å². The Morgan fingerprint density at radius 2 is 1.95 bits per heavy atom. The van der Waals surface area contributed by atoms with Crippen molar-refractivity contribution < 1.29 is 28.3 Å². The molecule has 0 bridgehead atoms. The molecule has 0 saturated carbocycles. The summed E-state index contributed by atoms with van der Waals surface area (Å²) in [5, 5.41) is 5.37. The number of nitrogens with one attached hydrogen (secondary N) is 2. The average Bonchev–Trinajstić information content (AvgIpc) is 3.37. The van der Waals surface area contributed by atoms with Gasteiger partial charge in [-0.3, -0.25) is 24.2 Å². The monoisotopic (exact) mass is 520 g/mol. The Balaban J connectivity index is 2.11.